The summed E-state index contributed by atoms with van der Waals surface area (Å²) in [4.78, 5) is 12.2. The SMILES string of the molecule is CCOc1ccc(C(C)=NNC(=O)c2n[nH]c3c2CCC3)cc1. The Hall–Kier alpha value is -2.63. The number of hydrazone groups is 1. The van der Waals surface area contributed by atoms with Crippen molar-refractivity contribution in [1.29, 1.82) is 0 Å². The van der Waals surface area contributed by atoms with Crippen LogP contribution >= 0.6 is 0 Å². The Morgan fingerprint density at radius 3 is 2.87 bits per heavy atom. The number of rotatable bonds is 5. The minimum Gasteiger partial charge on any atom is -0.494 e. The molecule has 1 amide bonds. The van der Waals surface area contributed by atoms with Crippen LogP contribution in [-0.2, 0) is 12.8 Å². The summed E-state index contributed by atoms with van der Waals surface area (Å²) in [7, 11) is 0. The molecule has 0 atom stereocenters. The van der Waals surface area contributed by atoms with Gasteiger partial charge in [0.1, 0.15) is 5.75 Å². The number of ether oxygens (including phenoxy) is 1. The van der Waals surface area contributed by atoms with Crippen LogP contribution in [0.3, 0.4) is 0 Å². The van der Waals surface area contributed by atoms with E-state index in [2.05, 4.69) is 20.7 Å². The van der Waals surface area contributed by atoms with Gasteiger partial charge in [0.25, 0.3) is 5.91 Å². The van der Waals surface area contributed by atoms with Gasteiger partial charge in [-0.3, -0.25) is 9.89 Å². The molecule has 2 N–H and O–H groups in total. The van der Waals surface area contributed by atoms with Crippen molar-refractivity contribution in [3.63, 3.8) is 0 Å². The van der Waals surface area contributed by atoms with Crippen LogP contribution in [-0.4, -0.2) is 28.4 Å². The molecule has 1 aromatic heterocycles. The molecule has 1 aliphatic carbocycles. The molecular formula is C17H20N4O2. The first-order chi connectivity index (χ1) is 11.2. The molecule has 0 saturated heterocycles. The number of carbonyl (C=O) groups excluding carboxylic acids is 1. The molecule has 3 rings (SSSR count). The highest BCUT2D eigenvalue weighted by molar-refractivity contribution is 6.00. The van der Waals surface area contributed by atoms with Gasteiger partial charge in [-0.2, -0.15) is 10.2 Å². The number of fused-ring (bicyclic) bond motifs is 1. The first-order valence-corrected chi connectivity index (χ1v) is 7.83. The summed E-state index contributed by atoms with van der Waals surface area (Å²) in [6.45, 7) is 4.43. The summed E-state index contributed by atoms with van der Waals surface area (Å²) in [5.74, 6) is 0.551. The summed E-state index contributed by atoms with van der Waals surface area (Å²) >= 11 is 0. The molecule has 120 valence electrons. The number of benzene rings is 1. The number of amides is 1. The smallest absolute Gasteiger partial charge is 0.292 e. The Kier molecular flexibility index (Phi) is 4.41. The molecular weight excluding hydrogens is 292 g/mol. The van der Waals surface area contributed by atoms with Crippen LogP contribution in [0.1, 0.15) is 47.6 Å². The normalized spacial score (nSPS) is 13.7. The molecule has 1 heterocycles. The average molecular weight is 312 g/mol. The highest BCUT2D eigenvalue weighted by Gasteiger charge is 2.22. The lowest BCUT2D eigenvalue weighted by Gasteiger charge is -2.05. The molecule has 1 aliphatic rings. The monoisotopic (exact) mass is 312 g/mol. The predicted molar refractivity (Wildman–Crippen MR) is 87.9 cm³/mol. The van der Waals surface area contributed by atoms with E-state index >= 15 is 0 Å². The molecule has 0 spiro atoms. The highest BCUT2D eigenvalue weighted by atomic mass is 16.5. The van der Waals surface area contributed by atoms with E-state index in [0.717, 1.165) is 47.5 Å². The van der Waals surface area contributed by atoms with E-state index in [0.29, 0.717) is 12.3 Å². The molecule has 0 aliphatic heterocycles. The van der Waals surface area contributed by atoms with Gasteiger partial charge in [-0.05, 0) is 62.9 Å². The van der Waals surface area contributed by atoms with Crippen molar-refractivity contribution in [2.24, 2.45) is 5.10 Å². The molecule has 0 fully saturated rings. The number of aryl methyl sites for hydroxylation is 1. The van der Waals surface area contributed by atoms with Gasteiger partial charge in [-0.1, -0.05) is 0 Å². The van der Waals surface area contributed by atoms with Gasteiger partial charge in [0.05, 0.1) is 12.3 Å². The Balaban J connectivity index is 1.67. The van der Waals surface area contributed by atoms with Crippen molar-refractivity contribution in [2.75, 3.05) is 6.61 Å². The zero-order valence-corrected chi connectivity index (χ0v) is 13.3. The van der Waals surface area contributed by atoms with Gasteiger partial charge in [0.2, 0.25) is 0 Å². The van der Waals surface area contributed by atoms with Crippen molar-refractivity contribution in [1.82, 2.24) is 15.6 Å². The Morgan fingerprint density at radius 1 is 1.35 bits per heavy atom. The van der Waals surface area contributed by atoms with Gasteiger partial charge in [-0.25, -0.2) is 5.43 Å². The molecule has 23 heavy (non-hydrogen) atoms. The third-order valence-electron chi connectivity index (χ3n) is 3.93. The van der Waals surface area contributed by atoms with Crippen LogP contribution in [0.5, 0.6) is 5.75 Å². The first kappa shape index (κ1) is 15.3. The lowest BCUT2D eigenvalue weighted by atomic mass is 10.1. The average Bonchev–Trinajstić information content (AvgIpc) is 3.16. The van der Waals surface area contributed by atoms with Crippen molar-refractivity contribution in [3.05, 3.63) is 46.8 Å². The van der Waals surface area contributed by atoms with Crippen LogP contribution < -0.4 is 10.2 Å². The molecule has 1 aromatic carbocycles. The lowest BCUT2D eigenvalue weighted by molar-refractivity contribution is 0.0949. The Bertz CT molecular complexity index is 732. The van der Waals surface area contributed by atoms with E-state index in [4.69, 9.17) is 4.74 Å². The van der Waals surface area contributed by atoms with E-state index < -0.39 is 0 Å². The summed E-state index contributed by atoms with van der Waals surface area (Å²) in [5, 5.41) is 11.2. The number of hydrogen-bond donors (Lipinski definition) is 2. The predicted octanol–water partition coefficient (Wildman–Crippen LogP) is 2.45. The van der Waals surface area contributed by atoms with Gasteiger partial charge in [0.15, 0.2) is 5.69 Å². The van der Waals surface area contributed by atoms with Gasteiger partial charge in [-0.15, -0.1) is 0 Å². The fraction of sp³-hybridized carbons (Fsp3) is 0.353. The number of aromatic amines is 1. The van der Waals surface area contributed by atoms with E-state index in [9.17, 15) is 4.79 Å². The third kappa shape index (κ3) is 3.26. The van der Waals surface area contributed by atoms with Crippen molar-refractivity contribution < 1.29 is 9.53 Å². The Morgan fingerprint density at radius 2 is 2.13 bits per heavy atom. The third-order valence-corrected chi connectivity index (χ3v) is 3.93. The molecule has 0 radical (unpaired) electrons. The summed E-state index contributed by atoms with van der Waals surface area (Å²) < 4.78 is 5.41. The number of aromatic nitrogens is 2. The topological polar surface area (TPSA) is 79.4 Å². The highest BCUT2D eigenvalue weighted by Crippen LogP contribution is 2.22. The fourth-order valence-electron chi connectivity index (χ4n) is 2.72. The minimum absolute atomic E-state index is 0.269. The summed E-state index contributed by atoms with van der Waals surface area (Å²) in [5.41, 5.74) is 6.80. The second kappa shape index (κ2) is 6.64. The second-order valence-electron chi connectivity index (χ2n) is 5.48. The molecule has 6 nitrogen and oxygen atoms in total. The van der Waals surface area contributed by atoms with Crippen LogP contribution in [0.15, 0.2) is 29.4 Å². The minimum atomic E-state index is -0.269. The summed E-state index contributed by atoms with van der Waals surface area (Å²) in [6, 6.07) is 7.62. The molecule has 0 unspecified atom stereocenters. The fourth-order valence-corrected chi connectivity index (χ4v) is 2.72. The lowest BCUT2D eigenvalue weighted by Crippen LogP contribution is -2.21. The van der Waals surface area contributed by atoms with Gasteiger partial charge in [0, 0.05) is 11.3 Å². The summed E-state index contributed by atoms with van der Waals surface area (Å²) in [6.07, 6.45) is 2.93. The van der Waals surface area contributed by atoms with Crippen molar-refractivity contribution in [3.8, 4) is 5.75 Å². The van der Waals surface area contributed by atoms with Crippen molar-refractivity contribution >= 4 is 11.6 Å². The molecule has 0 bridgehead atoms. The Labute approximate surface area is 134 Å². The van der Waals surface area contributed by atoms with Gasteiger partial charge >= 0.3 is 0 Å². The number of carbonyl (C=O) groups is 1. The maximum atomic E-state index is 12.2. The maximum absolute atomic E-state index is 12.2. The van der Waals surface area contributed by atoms with E-state index in [1.807, 2.05) is 38.1 Å². The number of H-pyrrole nitrogens is 1. The van der Waals surface area contributed by atoms with Crippen LogP contribution in [0.25, 0.3) is 0 Å². The van der Waals surface area contributed by atoms with Gasteiger partial charge < -0.3 is 4.74 Å². The second-order valence-corrected chi connectivity index (χ2v) is 5.48. The van der Waals surface area contributed by atoms with Crippen LogP contribution in [0.4, 0.5) is 0 Å². The molecule has 6 heteroatoms. The maximum Gasteiger partial charge on any atom is 0.292 e. The van der Waals surface area contributed by atoms with E-state index in [-0.39, 0.29) is 5.91 Å². The number of hydrogen-bond acceptors (Lipinski definition) is 4. The quantitative estimate of drug-likeness (QED) is 0.657. The number of nitrogens with zero attached hydrogens (tertiary/aromatic N) is 2. The van der Waals surface area contributed by atoms with Crippen LogP contribution in [0, 0.1) is 0 Å². The van der Waals surface area contributed by atoms with E-state index in [1.54, 1.807) is 0 Å². The largest absolute Gasteiger partial charge is 0.494 e. The number of nitrogens with one attached hydrogen (secondary N) is 2. The van der Waals surface area contributed by atoms with Crippen LogP contribution in [0.2, 0.25) is 0 Å². The zero-order chi connectivity index (χ0) is 16.2. The molecule has 2 aromatic rings. The first-order valence-electron chi connectivity index (χ1n) is 7.83. The zero-order valence-electron chi connectivity index (χ0n) is 13.3. The van der Waals surface area contributed by atoms with E-state index in [1.165, 1.54) is 0 Å². The van der Waals surface area contributed by atoms with Crippen molar-refractivity contribution in [2.45, 2.75) is 33.1 Å². The molecule has 0 saturated carbocycles. The standard InChI is InChI=1S/C17H20N4O2/c1-3-23-13-9-7-12(8-10-13)11(2)18-21-17(22)16-14-5-4-6-15(14)19-20-16/h7-10H,3-6H2,1-2H3,(H,19,20)(H,21,22).